The van der Waals surface area contributed by atoms with Crippen LogP contribution in [0, 0.1) is 0 Å². The number of hydrogen-bond acceptors (Lipinski definition) is 7. The van der Waals surface area contributed by atoms with Crippen molar-refractivity contribution in [1.29, 1.82) is 0 Å². The second kappa shape index (κ2) is 11.7. The number of sulfonamides is 1. The molecule has 11 heteroatoms. The minimum Gasteiger partial charge on any atom is -0.496 e. The standard InChI is InChI=1S/C24H24BrN3O6S/c1-32-21-11-9-18(25)13-17(21)15-26-27-24(29)16-28(35(30,31)20-7-5-4-6-8-20)19-10-12-22(33-2)23(14-19)34-3/h4-15H,16H2,1-3H3,(H,27,29)/b26-15-. The lowest BCUT2D eigenvalue weighted by Gasteiger charge is -2.24. The van der Waals surface area contributed by atoms with Crippen LogP contribution >= 0.6 is 15.9 Å². The minimum atomic E-state index is -4.09. The number of hydrogen-bond donors (Lipinski definition) is 1. The Morgan fingerprint density at radius 2 is 1.60 bits per heavy atom. The number of methoxy groups -OCH3 is 3. The molecule has 35 heavy (non-hydrogen) atoms. The Hall–Kier alpha value is -3.57. The normalized spacial score (nSPS) is 11.2. The van der Waals surface area contributed by atoms with Crippen molar-refractivity contribution in [1.82, 2.24) is 5.43 Å². The first-order chi connectivity index (χ1) is 16.8. The van der Waals surface area contributed by atoms with Gasteiger partial charge in [0.15, 0.2) is 11.5 Å². The molecule has 3 aromatic carbocycles. The third kappa shape index (κ3) is 6.31. The van der Waals surface area contributed by atoms with E-state index in [0.717, 1.165) is 8.78 Å². The lowest BCUT2D eigenvalue weighted by atomic mass is 10.2. The first kappa shape index (κ1) is 26.0. The maximum absolute atomic E-state index is 13.5. The fourth-order valence-corrected chi connectivity index (χ4v) is 4.97. The second-order valence-electron chi connectivity index (χ2n) is 7.04. The van der Waals surface area contributed by atoms with E-state index < -0.39 is 22.5 Å². The first-order valence-electron chi connectivity index (χ1n) is 10.3. The predicted molar refractivity (Wildman–Crippen MR) is 137 cm³/mol. The van der Waals surface area contributed by atoms with E-state index in [0.29, 0.717) is 22.8 Å². The molecule has 0 heterocycles. The highest BCUT2D eigenvalue weighted by Gasteiger charge is 2.28. The maximum atomic E-state index is 13.5. The van der Waals surface area contributed by atoms with Crippen LogP contribution in [-0.4, -0.2) is 48.4 Å². The molecule has 0 aliphatic carbocycles. The van der Waals surface area contributed by atoms with Crippen LogP contribution in [0.25, 0.3) is 0 Å². The van der Waals surface area contributed by atoms with E-state index in [1.807, 2.05) is 6.07 Å². The molecule has 1 amide bonds. The van der Waals surface area contributed by atoms with Crippen LogP contribution in [0.2, 0.25) is 0 Å². The monoisotopic (exact) mass is 561 g/mol. The fraction of sp³-hybridized carbons (Fsp3) is 0.167. The number of anilines is 1. The Bertz CT molecular complexity index is 1320. The quantitative estimate of drug-likeness (QED) is 0.298. The largest absolute Gasteiger partial charge is 0.496 e. The highest BCUT2D eigenvalue weighted by Crippen LogP contribution is 2.33. The van der Waals surface area contributed by atoms with E-state index in [-0.39, 0.29) is 10.6 Å². The van der Waals surface area contributed by atoms with Crippen molar-refractivity contribution in [2.45, 2.75) is 4.90 Å². The van der Waals surface area contributed by atoms with Gasteiger partial charge >= 0.3 is 0 Å². The molecule has 0 saturated carbocycles. The molecule has 0 unspecified atom stereocenters. The van der Waals surface area contributed by atoms with Crippen molar-refractivity contribution in [3.63, 3.8) is 0 Å². The summed E-state index contributed by atoms with van der Waals surface area (Å²) in [6, 6.07) is 17.7. The van der Waals surface area contributed by atoms with E-state index in [2.05, 4.69) is 26.5 Å². The van der Waals surface area contributed by atoms with Crippen LogP contribution in [0.1, 0.15) is 5.56 Å². The molecule has 0 radical (unpaired) electrons. The molecule has 3 aromatic rings. The summed E-state index contributed by atoms with van der Waals surface area (Å²) in [6.45, 7) is -0.528. The Balaban J connectivity index is 1.90. The molecule has 0 atom stereocenters. The number of rotatable bonds is 10. The summed E-state index contributed by atoms with van der Waals surface area (Å²) in [4.78, 5) is 12.8. The van der Waals surface area contributed by atoms with Crippen LogP contribution in [0.3, 0.4) is 0 Å². The molecule has 1 N–H and O–H groups in total. The van der Waals surface area contributed by atoms with Gasteiger partial charge in [-0.3, -0.25) is 9.10 Å². The van der Waals surface area contributed by atoms with E-state index in [4.69, 9.17) is 14.2 Å². The van der Waals surface area contributed by atoms with Gasteiger partial charge in [0.05, 0.1) is 38.1 Å². The fourth-order valence-electron chi connectivity index (χ4n) is 3.16. The summed E-state index contributed by atoms with van der Waals surface area (Å²) in [5.41, 5.74) is 3.22. The van der Waals surface area contributed by atoms with Crippen molar-refractivity contribution >= 4 is 43.8 Å². The molecule has 0 saturated heterocycles. The number of amides is 1. The average molecular weight is 562 g/mol. The molecule has 0 spiro atoms. The molecule has 184 valence electrons. The zero-order chi connectivity index (χ0) is 25.4. The van der Waals surface area contributed by atoms with Crippen LogP contribution in [0.5, 0.6) is 17.2 Å². The van der Waals surface area contributed by atoms with E-state index >= 15 is 0 Å². The number of ether oxygens (including phenoxy) is 3. The van der Waals surface area contributed by atoms with Crippen molar-refractivity contribution in [2.24, 2.45) is 5.10 Å². The summed E-state index contributed by atoms with van der Waals surface area (Å²) in [5.74, 6) is 0.651. The average Bonchev–Trinajstić information content (AvgIpc) is 2.87. The number of carbonyl (C=O) groups is 1. The Labute approximate surface area is 212 Å². The summed E-state index contributed by atoms with van der Waals surface area (Å²) in [6.07, 6.45) is 1.41. The highest BCUT2D eigenvalue weighted by molar-refractivity contribution is 9.10. The van der Waals surface area contributed by atoms with Gasteiger partial charge in [0.1, 0.15) is 12.3 Å². The van der Waals surface area contributed by atoms with Crippen molar-refractivity contribution in [3.05, 3.63) is 76.8 Å². The zero-order valence-electron chi connectivity index (χ0n) is 19.3. The lowest BCUT2D eigenvalue weighted by Crippen LogP contribution is -2.39. The maximum Gasteiger partial charge on any atom is 0.264 e. The van der Waals surface area contributed by atoms with Crippen molar-refractivity contribution in [2.75, 3.05) is 32.2 Å². The lowest BCUT2D eigenvalue weighted by molar-refractivity contribution is -0.119. The van der Waals surface area contributed by atoms with Crippen molar-refractivity contribution < 1.29 is 27.4 Å². The third-order valence-corrected chi connectivity index (χ3v) is 7.14. The molecular formula is C24H24BrN3O6S. The van der Waals surface area contributed by atoms with Crippen LogP contribution < -0.4 is 23.9 Å². The SMILES string of the molecule is COc1ccc(Br)cc1/C=N\NC(=O)CN(c1ccc(OC)c(OC)c1)S(=O)(=O)c1ccccc1. The summed E-state index contributed by atoms with van der Waals surface area (Å²) in [5, 5.41) is 3.96. The molecule has 0 bridgehead atoms. The van der Waals surface area contributed by atoms with Gasteiger partial charge < -0.3 is 14.2 Å². The number of nitrogens with one attached hydrogen (secondary N) is 1. The zero-order valence-corrected chi connectivity index (χ0v) is 21.7. The van der Waals surface area contributed by atoms with E-state index in [1.165, 1.54) is 51.8 Å². The summed E-state index contributed by atoms with van der Waals surface area (Å²) in [7, 11) is 0.347. The Morgan fingerprint density at radius 3 is 2.26 bits per heavy atom. The van der Waals surface area contributed by atoms with Crippen LogP contribution in [0.15, 0.2) is 81.2 Å². The molecule has 9 nitrogen and oxygen atoms in total. The van der Waals surface area contributed by atoms with Gasteiger partial charge in [0.25, 0.3) is 15.9 Å². The molecule has 0 aliphatic heterocycles. The van der Waals surface area contributed by atoms with Gasteiger partial charge in [-0.1, -0.05) is 34.1 Å². The number of benzene rings is 3. The Morgan fingerprint density at radius 1 is 0.943 bits per heavy atom. The third-order valence-electron chi connectivity index (χ3n) is 4.86. The summed E-state index contributed by atoms with van der Waals surface area (Å²) >= 11 is 3.37. The van der Waals surface area contributed by atoms with Gasteiger partial charge in [-0.25, -0.2) is 13.8 Å². The molecule has 0 aliphatic rings. The van der Waals surface area contributed by atoms with Crippen molar-refractivity contribution in [3.8, 4) is 17.2 Å². The first-order valence-corrected chi connectivity index (χ1v) is 12.5. The minimum absolute atomic E-state index is 0.0324. The van der Waals surface area contributed by atoms with Gasteiger partial charge in [-0.05, 0) is 42.5 Å². The van der Waals surface area contributed by atoms with Gasteiger partial charge in [0.2, 0.25) is 0 Å². The topological polar surface area (TPSA) is 107 Å². The molecule has 3 rings (SSSR count). The molecular weight excluding hydrogens is 538 g/mol. The van der Waals surface area contributed by atoms with Crippen LogP contribution in [0.4, 0.5) is 5.69 Å². The van der Waals surface area contributed by atoms with E-state index in [9.17, 15) is 13.2 Å². The van der Waals surface area contributed by atoms with Gasteiger partial charge in [-0.15, -0.1) is 0 Å². The van der Waals surface area contributed by atoms with E-state index in [1.54, 1.807) is 36.4 Å². The Kier molecular flexibility index (Phi) is 8.72. The predicted octanol–water partition coefficient (Wildman–Crippen LogP) is 3.82. The number of halogens is 1. The number of carbonyl (C=O) groups excluding carboxylic acids is 1. The summed E-state index contributed by atoms with van der Waals surface area (Å²) < 4.78 is 44.5. The highest BCUT2D eigenvalue weighted by atomic mass is 79.9. The molecule has 0 fully saturated rings. The van der Waals surface area contributed by atoms with Crippen LogP contribution in [-0.2, 0) is 14.8 Å². The number of hydrazone groups is 1. The smallest absolute Gasteiger partial charge is 0.264 e. The molecule has 0 aromatic heterocycles. The number of nitrogens with zero attached hydrogens (tertiary/aromatic N) is 2. The van der Waals surface area contributed by atoms with Gasteiger partial charge in [-0.2, -0.15) is 5.10 Å². The van der Waals surface area contributed by atoms with Gasteiger partial charge in [0, 0.05) is 16.1 Å². The second-order valence-corrected chi connectivity index (χ2v) is 9.82.